The van der Waals surface area contributed by atoms with E-state index in [2.05, 4.69) is 24.1 Å². The van der Waals surface area contributed by atoms with Crippen molar-refractivity contribution in [2.75, 3.05) is 30.8 Å². The summed E-state index contributed by atoms with van der Waals surface area (Å²) in [6.45, 7) is 6.56. The quantitative estimate of drug-likeness (QED) is 0.710. The van der Waals surface area contributed by atoms with Crippen LogP contribution in [0.3, 0.4) is 0 Å². The van der Waals surface area contributed by atoms with Crippen molar-refractivity contribution < 1.29 is 4.74 Å². The van der Waals surface area contributed by atoms with Gasteiger partial charge in [-0.3, -0.25) is 0 Å². The van der Waals surface area contributed by atoms with Gasteiger partial charge in [-0.25, -0.2) is 4.98 Å². The Balaban J connectivity index is 2.04. The number of nitrogens with zero attached hydrogens (tertiary/aromatic N) is 1. The van der Waals surface area contributed by atoms with Crippen molar-refractivity contribution in [3.05, 3.63) is 6.20 Å². The van der Waals surface area contributed by atoms with Crippen molar-refractivity contribution in [1.29, 1.82) is 0 Å². The fourth-order valence-corrected chi connectivity index (χ4v) is 1.53. The van der Waals surface area contributed by atoms with Crippen molar-refractivity contribution >= 4 is 21.5 Å². The SMILES string of the molecule is CC(C)COCCNc1ncc(N)s1. The summed E-state index contributed by atoms with van der Waals surface area (Å²) < 4.78 is 5.41. The van der Waals surface area contributed by atoms with E-state index in [4.69, 9.17) is 10.5 Å². The summed E-state index contributed by atoms with van der Waals surface area (Å²) in [5.74, 6) is 0.588. The summed E-state index contributed by atoms with van der Waals surface area (Å²) in [6.07, 6.45) is 1.65. The van der Waals surface area contributed by atoms with Gasteiger partial charge in [0.05, 0.1) is 12.8 Å². The summed E-state index contributed by atoms with van der Waals surface area (Å²) in [6, 6.07) is 0. The van der Waals surface area contributed by atoms with E-state index >= 15 is 0 Å². The second-order valence-corrected chi connectivity index (χ2v) is 4.53. The molecule has 0 aromatic carbocycles. The van der Waals surface area contributed by atoms with E-state index in [-0.39, 0.29) is 0 Å². The first kappa shape index (κ1) is 11.3. The van der Waals surface area contributed by atoms with Gasteiger partial charge in [0, 0.05) is 13.2 Å². The van der Waals surface area contributed by atoms with Crippen molar-refractivity contribution in [2.24, 2.45) is 5.92 Å². The van der Waals surface area contributed by atoms with Crippen LogP contribution in [-0.4, -0.2) is 24.7 Å². The molecule has 0 bridgehead atoms. The molecule has 0 amide bonds. The van der Waals surface area contributed by atoms with Crippen LogP contribution in [0.15, 0.2) is 6.20 Å². The second-order valence-electron chi connectivity index (χ2n) is 3.46. The van der Waals surface area contributed by atoms with Crippen molar-refractivity contribution in [2.45, 2.75) is 13.8 Å². The predicted molar refractivity (Wildman–Crippen MR) is 60.7 cm³/mol. The lowest BCUT2D eigenvalue weighted by molar-refractivity contribution is 0.118. The highest BCUT2D eigenvalue weighted by atomic mass is 32.1. The van der Waals surface area contributed by atoms with Gasteiger partial charge in [-0.15, -0.1) is 0 Å². The Morgan fingerprint density at radius 1 is 1.64 bits per heavy atom. The zero-order chi connectivity index (χ0) is 10.4. The van der Waals surface area contributed by atoms with Gasteiger partial charge in [0.2, 0.25) is 0 Å². The number of nitrogens with one attached hydrogen (secondary N) is 1. The number of ether oxygens (including phenoxy) is 1. The smallest absolute Gasteiger partial charge is 0.184 e. The van der Waals surface area contributed by atoms with Gasteiger partial charge >= 0.3 is 0 Å². The second kappa shape index (κ2) is 5.82. The van der Waals surface area contributed by atoms with Crippen LogP contribution < -0.4 is 11.1 Å². The topological polar surface area (TPSA) is 60.2 Å². The molecule has 0 saturated heterocycles. The van der Waals surface area contributed by atoms with E-state index in [1.807, 2.05) is 0 Å². The number of nitrogens with two attached hydrogens (primary N) is 1. The van der Waals surface area contributed by atoms with E-state index < -0.39 is 0 Å². The lowest BCUT2D eigenvalue weighted by Gasteiger charge is -2.06. The van der Waals surface area contributed by atoms with Gasteiger partial charge in [0.1, 0.15) is 5.00 Å². The minimum atomic E-state index is 0.588. The lowest BCUT2D eigenvalue weighted by atomic mass is 10.2. The maximum atomic E-state index is 5.53. The molecule has 1 rings (SSSR count). The molecule has 5 heteroatoms. The third-order valence-electron chi connectivity index (χ3n) is 1.50. The highest BCUT2D eigenvalue weighted by Crippen LogP contribution is 2.18. The number of hydrogen-bond donors (Lipinski definition) is 2. The Labute approximate surface area is 88.5 Å². The standard InChI is InChI=1S/C9H17N3OS/c1-7(2)6-13-4-3-11-9-12-5-8(10)14-9/h5,7H,3-4,6,10H2,1-2H3,(H,11,12). The van der Waals surface area contributed by atoms with Gasteiger partial charge in [0.15, 0.2) is 5.13 Å². The molecule has 1 heterocycles. The monoisotopic (exact) mass is 215 g/mol. The fourth-order valence-electron chi connectivity index (χ4n) is 0.917. The Hall–Kier alpha value is -0.810. The molecule has 0 fully saturated rings. The minimum Gasteiger partial charge on any atom is -0.389 e. The molecule has 0 aliphatic rings. The first-order valence-corrected chi connectivity index (χ1v) is 5.53. The number of aromatic nitrogens is 1. The molecule has 0 saturated carbocycles. The maximum Gasteiger partial charge on any atom is 0.184 e. The Morgan fingerprint density at radius 2 is 2.43 bits per heavy atom. The normalized spacial score (nSPS) is 10.8. The number of hydrogen-bond acceptors (Lipinski definition) is 5. The minimum absolute atomic E-state index is 0.588. The fraction of sp³-hybridized carbons (Fsp3) is 0.667. The van der Waals surface area contributed by atoms with Gasteiger partial charge in [-0.05, 0) is 5.92 Å². The molecule has 80 valence electrons. The first-order valence-electron chi connectivity index (χ1n) is 4.71. The van der Waals surface area contributed by atoms with Gasteiger partial charge in [-0.1, -0.05) is 25.2 Å². The predicted octanol–water partition coefficient (Wildman–Crippen LogP) is 1.81. The molecule has 0 aliphatic heterocycles. The van der Waals surface area contributed by atoms with Crippen LogP contribution in [0.4, 0.5) is 10.1 Å². The molecular weight excluding hydrogens is 198 g/mol. The Bertz CT molecular complexity index is 262. The van der Waals surface area contributed by atoms with Crippen LogP contribution >= 0.6 is 11.3 Å². The van der Waals surface area contributed by atoms with Crippen LogP contribution in [0.25, 0.3) is 0 Å². The van der Waals surface area contributed by atoms with Gasteiger partial charge in [-0.2, -0.15) is 0 Å². The van der Waals surface area contributed by atoms with E-state index in [0.717, 1.165) is 23.3 Å². The first-order chi connectivity index (χ1) is 6.68. The molecule has 14 heavy (non-hydrogen) atoms. The summed E-state index contributed by atoms with van der Waals surface area (Å²) in [5.41, 5.74) is 5.53. The summed E-state index contributed by atoms with van der Waals surface area (Å²) in [5, 5.41) is 4.73. The van der Waals surface area contributed by atoms with Crippen LogP contribution in [0, 0.1) is 5.92 Å². The molecule has 0 atom stereocenters. The molecule has 0 spiro atoms. The summed E-state index contributed by atoms with van der Waals surface area (Å²) in [4.78, 5) is 4.08. The van der Waals surface area contributed by atoms with Crippen molar-refractivity contribution in [1.82, 2.24) is 4.98 Å². The van der Waals surface area contributed by atoms with E-state index in [1.54, 1.807) is 6.20 Å². The molecule has 1 aromatic rings. The van der Waals surface area contributed by atoms with Crippen LogP contribution in [0.5, 0.6) is 0 Å². The zero-order valence-corrected chi connectivity index (χ0v) is 9.43. The number of anilines is 2. The van der Waals surface area contributed by atoms with Crippen LogP contribution in [-0.2, 0) is 4.74 Å². The van der Waals surface area contributed by atoms with E-state index in [1.165, 1.54) is 11.3 Å². The third kappa shape index (κ3) is 4.43. The molecular formula is C9H17N3OS. The summed E-state index contributed by atoms with van der Waals surface area (Å²) >= 11 is 1.45. The zero-order valence-electron chi connectivity index (χ0n) is 8.62. The van der Waals surface area contributed by atoms with E-state index in [9.17, 15) is 0 Å². The van der Waals surface area contributed by atoms with E-state index in [0.29, 0.717) is 12.5 Å². The van der Waals surface area contributed by atoms with Gasteiger partial charge < -0.3 is 15.8 Å². The summed E-state index contributed by atoms with van der Waals surface area (Å²) in [7, 11) is 0. The lowest BCUT2D eigenvalue weighted by Crippen LogP contribution is -2.11. The Kier molecular flexibility index (Phi) is 4.69. The average molecular weight is 215 g/mol. The average Bonchev–Trinajstić information content (AvgIpc) is 2.50. The highest BCUT2D eigenvalue weighted by Gasteiger charge is 1.97. The maximum absolute atomic E-state index is 5.53. The number of thiazole rings is 1. The van der Waals surface area contributed by atoms with Crippen molar-refractivity contribution in [3.63, 3.8) is 0 Å². The molecule has 0 aliphatic carbocycles. The molecule has 1 aromatic heterocycles. The Morgan fingerprint density at radius 3 is 3.00 bits per heavy atom. The molecule has 3 N–H and O–H groups in total. The van der Waals surface area contributed by atoms with Gasteiger partial charge in [0.25, 0.3) is 0 Å². The third-order valence-corrected chi connectivity index (χ3v) is 2.28. The number of rotatable bonds is 6. The number of nitrogen functional groups attached to an aromatic ring is 1. The highest BCUT2D eigenvalue weighted by molar-refractivity contribution is 7.19. The van der Waals surface area contributed by atoms with Crippen molar-refractivity contribution in [3.8, 4) is 0 Å². The van der Waals surface area contributed by atoms with Crippen LogP contribution in [0.1, 0.15) is 13.8 Å². The van der Waals surface area contributed by atoms with Crippen LogP contribution in [0.2, 0.25) is 0 Å². The molecule has 4 nitrogen and oxygen atoms in total. The molecule has 0 radical (unpaired) electrons. The largest absolute Gasteiger partial charge is 0.389 e. The molecule has 0 unspecified atom stereocenters.